The van der Waals surface area contributed by atoms with Gasteiger partial charge in [0.05, 0.1) is 0 Å². The lowest BCUT2D eigenvalue weighted by molar-refractivity contribution is 0.804. The van der Waals surface area contributed by atoms with Gasteiger partial charge in [-0.25, -0.2) is 0 Å². The van der Waals surface area contributed by atoms with E-state index >= 15 is 0 Å². The molecule has 0 aromatic rings. The molecule has 0 heterocycles. The first-order valence-corrected chi connectivity index (χ1v) is 5.50. The van der Waals surface area contributed by atoms with E-state index in [0.29, 0.717) is 0 Å². The third kappa shape index (κ3) is 2.87. The smallest absolute Gasteiger partial charge is 0.0960 e. The van der Waals surface area contributed by atoms with E-state index in [-0.39, 0.29) is 4.83 Å². The molecular weight excluding hydrogens is 350 g/mol. The summed E-state index contributed by atoms with van der Waals surface area (Å²) < 4.78 is -2.60. The molecule has 0 bridgehead atoms. The van der Waals surface area contributed by atoms with Crippen LogP contribution >= 0.6 is 78.3 Å². The van der Waals surface area contributed by atoms with Crippen molar-refractivity contribution in [2.45, 2.75) is 19.3 Å². The highest BCUT2D eigenvalue weighted by Crippen LogP contribution is 2.51. The standard InChI is InChI=1S/C4H4Br2Cl4/c1-2(5)3(7,8)4(6,9)10/h2H,1H3. The predicted octanol–water partition coefficient (Wildman–Crippen LogP) is 4.47. The monoisotopic (exact) mass is 350 g/mol. The first-order valence-electron chi connectivity index (χ1n) is 2.28. The largest absolute Gasteiger partial charge is 0.205 e. The van der Waals surface area contributed by atoms with Crippen LogP contribution in [0.3, 0.4) is 0 Å². The van der Waals surface area contributed by atoms with Crippen LogP contribution in [0.25, 0.3) is 0 Å². The van der Waals surface area contributed by atoms with Crippen molar-refractivity contribution >= 4 is 78.3 Å². The molecule has 0 radical (unpaired) electrons. The molecule has 0 aromatic heterocycles. The molecule has 0 spiro atoms. The molecule has 0 nitrogen and oxygen atoms in total. The molecule has 0 N–H and O–H groups in total. The Kier molecular flexibility index (Phi) is 4.71. The zero-order chi connectivity index (χ0) is 8.58. The lowest BCUT2D eigenvalue weighted by atomic mass is 10.3. The van der Waals surface area contributed by atoms with Crippen LogP contribution in [0, 0.1) is 0 Å². The van der Waals surface area contributed by atoms with Crippen LogP contribution in [0.2, 0.25) is 0 Å². The molecule has 0 amide bonds. The molecule has 0 saturated carbocycles. The van der Waals surface area contributed by atoms with Crippen LogP contribution < -0.4 is 0 Å². The van der Waals surface area contributed by atoms with E-state index in [1.807, 2.05) is 0 Å². The molecule has 0 aromatic carbocycles. The van der Waals surface area contributed by atoms with E-state index in [1.165, 1.54) is 0 Å². The van der Waals surface area contributed by atoms with Gasteiger partial charge in [0.1, 0.15) is 0 Å². The summed E-state index contributed by atoms with van der Waals surface area (Å²) in [6.45, 7) is 1.75. The Hall–Kier alpha value is 2.12. The van der Waals surface area contributed by atoms with Crippen LogP contribution in [0.1, 0.15) is 6.92 Å². The predicted molar refractivity (Wildman–Crippen MR) is 56.2 cm³/mol. The second-order valence-electron chi connectivity index (χ2n) is 1.74. The van der Waals surface area contributed by atoms with Crippen LogP contribution in [0.15, 0.2) is 0 Å². The Bertz CT molecular complexity index is 117. The average Bonchev–Trinajstić information content (AvgIpc) is 1.62. The molecule has 0 aliphatic heterocycles. The second kappa shape index (κ2) is 3.89. The van der Waals surface area contributed by atoms with Gasteiger partial charge >= 0.3 is 0 Å². The molecule has 10 heavy (non-hydrogen) atoms. The Morgan fingerprint density at radius 2 is 1.50 bits per heavy atom. The summed E-state index contributed by atoms with van der Waals surface area (Å²) in [5.74, 6) is 0. The Morgan fingerprint density at radius 1 is 1.20 bits per heavy atom. The van der Waals surface area contributed by atoms with Crippen molar-refractivity contribution in [3.63, 3.8) is 0 Å². The summed E-state index contributed by atoms with van der Waals surface area (Å²) in [7, 11) is 0. The maximum Gasteiger partial charge on any atom is 0.205 e. The van der Waals surface area contributed by atoms with Crippen molar-refractivity contribution in [1.29, 1.82) is 0 Å². The lowest BCUT2D eigenvalue weighted by Gasteiger charge is -2.29. The molecule has 0 saturated heterocycles. The fraction of sp³-hybridized carbons (Fsp3) is 1.00. The van der Waals surface area contributed by atoms with Crippen molar-refractivity contribution in [3.8, 4) is 0 Å². The maximum atomic E-state index is 5.76. The molecule has 62 valence electrons. The fourth-order valence-corrected chi connectivity index (χ4v) is 1.81. The van der Waals surface area contributed by atoms with Crippen molar-refractivity contribution in [1.82, 2.24) is 0 Å². The third-order valence-corrected chi connectivity index (χ3v) is 5.38. The third-order valence-electron chi connectivity index (χ3n) is 0.878. The van der Waals surface area contributed by atoms with Crippen molar-refractivity contribution in [3.05, 3.63) is 0 Å². The highest BCUT2D eigenvalue weighted by molar-refractivity contribution is 9.11. The number of hydrogen-bond donors (Lipinski definition) is 0. The van der Waals surface area contributed by atoms with Gasteiger partial charge in [-0.15, -0.1) is 0 Å². The summed E-state index contributed by atoms with van der Waals surface area (Å²) in [6, 6.07) is 0. The molecule has 1 unspecified atom stereocenters. The summed E-state index contributed by atoms with van der Waals surface area (Å²) in [5, 5.41) is 0. The summed E-state index contributed by atoms with van der Waals surface area (Å²) >= 11 is 28.8. The van der Waals surface area contributed by atoms with Gasteiger partial charge in [0.25, 0.3) is 0 Å². The van der Waals surface area contributed by atoms with Gasteiger partial charge < -0.3 is 0 Å². The van der Waals surface area contributed by atoms with Gasteiger partial charge in [0.2, 0.25) is 3.24 Å². The Balaban J connectivity index is 4.40. The van der Waals surface area contributed by atoms with Crippen molar-refractivity contribution in [2.24, 2.45) is 0 Å². The number of alkyl halides is 6. The minimum atomic E-state index is -1.34. The minimum Gasteiger partial charge on any atom is -0.0960 e. The molecule has 0 rings (SSSR count). The lowest BCUT2D eigenvalue weighted by Crippen LogP contribution is -2.37. The fourth-order valence-electron chi connectivity index (χ4n) is 0.226. The van der Waals surface area contributed by atoms with E-state index in [9.17, 15) is 0 Å². The van der Waals surface area contributed by atoms with E-state index in [2.05, 4.69) is 31.9 Å². The first-order chi connectivity index (χ1) is 4.19. The number of rotatable bonds is 2. The zero-order valence-electron chi connectivity index (χ0n) is 4.85. The van der Waals surface area contributed by atoms with Crippen LogP contribution in [0.4, 0.5) is 0 Å². The van der Waals surface area contributed by atoms with Gasteiger partial charge in [0, 0.05) is 4.83 Å². The van der Waals surface area contributed by atoms with E-state index in [0.717, 1.165) is 0 Å². The molecule has 0 aliphatic rings. The average molecular weight is 354 g/mol. The molecule has 0 fully saturated rings. The van der Waals surface area contributed by atoms with Gasteiger partial charge in [-0.3, -0.25) is 0 Å². The van der Waals surface area contributed by atoms with Crippen LogP contribution in [0.5, 0.6) is 0 Å². The minimum absolute atomic E-state index is 0.210. The first kappa shape index (κ1) is 12.1. The molecule has 1 atom stereocenters. The topological polar surface area (TPSA) is 0 Å². The molecule has 0 aliphatic carbocycles. The second-order valence-corrected chi connectivity index (χ2v) is 7.93. The van der Waals surface area contributed by atoms with Gasteiger partial charge in [0.15, 0.2) is 4.33 Å². The zero-order valence-corrected chi connectivity index (χ0v) is 11.0. The number of halogens is 6. The van der Waals surface area contributed by atoms with E-state index in [4.69, 9.17) is 46.4 Å². The van der Waals surface area contributed by atoms with E-state index < -0.39 is 7.58 Å². The van der Waals surface area contributed by atoms with E-state index in [1.54, 1.807) is 6.92 Å². The van der Waals surface area contributed by atoms with Gasteiger partial charge in [-0.05, 0) is 22.9 Å². The quantitative estimate of drug-likeness (QED) is 0.643. The van der Waals surface area contributed by atoms with Crippen molar-refractivity contribution < 1.29 is 0 Å². The SMILES string of the molecule is CC(Br)C(Cl)(Cl)C(Cl)(Cl)Br. The maximum absolute atomic E-state index is 5.76. The summed E-state index contributed by atoms with van der Waals surface area (Å²) in [6.07, 6.45) is 0. The van der Waals surface area contributed by atoms with Gasteiger partial charge in [-0.2, -0.15) is 0 Å². The Labute approximate surface area is 96.8 Å². The molecular formula is C4H4Br2Cl4. The van der Waals surface area contributed by atoms with Crippen LogP contribution in [-0.4, -0.2) is 12.4 Å². The normalized spacial score (nSPS) is 17.1. The highest BCUT2D eigenvalue weighted by atomic mass is 79.9. The van der Waals surface area contributed by atoms with Crippen molar-refractivity contribution in [2.75, 3.05) is 0 Å². The Morgan fingerprint density at radius 3 is 1.50 bits per heavy atom. The summed E-state index contributed by atoms with van der Waals surface area (Å²) in [4.78, 5) is -0.210. The summed E-state index contributed by atoms with van der Waals surface area (Å²) in [5.41, 5.74) is 0. The van der Waals surface area contributed by atoms with Crippen LogP contribution in [-0.2, 0) is 0 Å². The molecule has 6 heteroatoms. The number of hydrogen-bond acceptors (Lipinski definition) is 0. The highest BCUT2D eigenvalue weighted by Gasteiger charge is 2.48. The van der Waals surface area contributed by atoms with Gasteiger partial charge in [-0.1, -0.05) is 62.3 Å².